The predicted octanol–water partition coefficient (Wildman–Crippen LogP) is 2.78. The molecule has 0 bridgehead atoms. The third-order valence-electron chi connectivity index (χ3n) is 4.82. The Balaban J connectivity index is 1.70. The number of ether oxygens (including phenoxy) is 1. The van der Waals surface area contributed by atoms with Gasteiger partial charge >= 0.3 is 6.09 Å². The summed E-state index contributed by atoms with van der Waals surface area (Å²) in [6.07, 6.45) is 3.90. The van der Waals surface area contributed by atoms with Crippen molar-refractivity contribution >= 4 is 35.0 Å². The molecule has 0 atom stereocenters. The van der Waals surface area contributed by atoms with Crippen molar-refractivity contribution < 1.29 is 18.7 Å². The summed E-state index contributed by atoms with van der Waals surface area (Å²) >= 11 is 1.25. The normalized spacial score (nSPS) is 18.0. The van der Waals surface area contributed by atoms with Crippen molar-refractivity contribution in [3.63, 3.8) is 0 Å². The molecule has 168 valence electrons. The molecule has 0 radical (unpaired) electrons. The fourth-order valence-corrected chi connectivity index (χ4v) is 4.02. The number of nitrogens with zero attached hydrogens (tertiary/aromatic N) is 4. The lowest BCUT2D eigenvalue weighted by Crippen LogP contribution is -2.45. The molecule has 1 aromatic rings. The van der Waals surface area contributed by atoms with Gasteiger partial charge in [-0.15, -0.1) is 0 Å². The highest BCUT2D eigenvalue weighted by molar-refractivity contribution is 8.18. The fourth-order valence-electron chi connectivity index (χ4n) is 3.11. The lowest BCUT2D eigenvalue weighted by molar-refractivity contribution is -0.113. The van der Waals surface area contributed by atoms with E-state index < -0.39 is 11.9 Å². The van der Waals surface area contributed by atoms with E-state index in [0.717, 1.165) is 45.0 Å². The maximum absolute atomic E-state index is 13.8. The summed E-state index contributed by atoms with van der Waals surface area (Å²) < 4.78 is 19.3. The highest BCUT2D eigenvalue weighted by Gasteiger charge is 2.27. The van der Waals surface area contributed by atoms with E-state index in [4.69, 9.17) is 4.74 Å². The van der Waals surface area contributed by atoms with Gasteiger partial charge in [-0.3, -0.25) is 9.80 Å². The second kappa shape index (κ2) is 10.7. The average Bonchev–Trinajstić information content (AvgIpc) is 3.10. The van der Waals surface area contributed by atoms with Crippen molar-refractivity contribution in [2.45, 2.75) is 19.3 Å². The number of nitrogens with one attached hydrogen (secondary N) is 1. The SMILES string of the molecule is CN(C)CCCN(C)C(=O)Oc1cc(F)ccc1/C=C1/SC(N2CCCCN2)=NC1=O. The van der Waals surface area contributed by atoms with Crippen LogP contribution >= 0.6 is 11.8 Å². The number of amidine groups is 1. The van der Waals surface area contributed by atoms with Crippen molar-refractivity contribution in [3.05, 3.63) is 34.5 Å². The monoisotopic (exact) mass is 449 g/mol. The van der Waals surface area contributed by atoms with E-state index in [1.807, 2.05) is 24.0 Å². The van der Waals surface area contributed by atoms with Crippen LogP contribution in [0.15, 0.2) is 28.1 Å². The standard InChI is InChI=1S/C21H28FN5O3S/c1-25(2)10-6-11-26(3)21(29)30-17-14-16(22)8-7-15(17)13-18-19(28)24-20(31-18)27-12-5-4-9-23-27/h7-8,13-14,23H,4-6,9-12H2,1-3H3/b18-13+. The minimum Gasteiger partial charge on any atom is -0.409 e. The minimum atomic E-state index is -0.580. The van der Waals surface area contributed by atoms with Gasteiger partial charge in [0.1, 0.15) is 11.6 Å². The number of hydrazine groups is 1. The number of carbonyl (C=O) groups is 2. The summed E-state index contributed by atoms with van der Waals surface area (Å²) in [4.78, 5) is 32.8. The van der Waals surface area contributed by atoms with Crippen LogP contribution in [-0.2, 0) is 4.79 Å². The van der Waals surface area contributed by atoms with Crippen LogP contribution in [0.2, 0.25) is 0 Å². The number of hydrogen-bond acceptors (Lipinski definition) is 7. The molecule has 1 saturated heterocycles. The average molecular weight is 450 g/mol. The van der Waals surface area contributed by atoms with E-state index in [2.05, 4.69) is 10.4 Å². The topological polar surface area (TPSA) is 77.5 Å². The number of hydrogen-bond donors (Lipinski definition) is 1. The van der Waals surface area contributed by atoms with Crippen LogP contribution in [0.3, 0.4) is 0 Å². The Morgan fingerprint density at radius 3 is 2.84 bits per heavy atom. The summed E-state index contributed by atoms with van der Waals surface area (Å²) in [5, 5.41) is 2.47. The summed E-state index contributed by atoms with van der Waals surface area (Å²) in [5.74, 6) is -0.829. The molecule has 2 aliphatic heterocycles. The molecule has 1 fully saturated rings. The van der Waals surface area contributed by atoms with Gasteiger partial charge in [0.15, 0.2) is 5.17 Å². The van der Waals surface area contributed by atoms with Crippen LogP contribution < -0.4 is 10.2 Å². The molecule has 0 saturated carbocycles. The Labute approximate surface area is 186 Å². The lowest BCUT2D eigenvalue weighted by Gasteiger charge is -2.28. The third-order valence-corrected chi connectivity index (χ3v) is 5.83. The molecule has 2 amide bonds. The van der Waals surface area contributed by atoms with Gasteiger partial charge in [0.05, 0.1) is 4.91 Å². The van der Waals surface area contributed by atoms with E-state index in [-0.39, 0.29) is 11.7 Å². The van der Waals surface area contributed by atoms with Crippen molar-refractivity contribution in [1.29, 1.82) is 0 Å². The Morgan fingerprint density at radius 1 is 1.32 bits per heavy atom. The molecule has 0 aromatic heterocycles. The first-order valence-corrected chi connectivity index (χ1v) is 11.1. The van der Waals surface area contributed by atoms with Gasteiger partial charge in [-0.05, 0) is 69.9 Å². The van der Waals surface area contributed by atoms with Gasteiger partial charge in [0, 0.05) is 38.3 Å². The molecule has 2 aliphatic rings. The number of amides is 2. The minimum absolute atomic E-state index is 0.0647. The molecule has 10 heteroatoms. The number of rotatable bonds is 6. The quantitative estimate of drug-likeness (QED) is 0.669. The van der Waals surface area contributed by atoms with Crippen LogP contribution in [0.25, 0.3) is 6.08 Å². The van der Waals surface area contributed by atoms with Crippen LogP contribution in [0.5, 0.6) is 5.75 Å². The Morgan fingerprint density at radius 2 is 2.13 bits per heavy atom. The Bertz CT molecular complexity index is 884. The van der Waals surface area contributed by atoms with Crippen molar-refractivity contribution in [1.82, 2.24) is 20.2 Å². The Kier molecular flexibility index (Phi) is 8.05. The first-order valence-electron chi connectivity index (χ1n) is 10.2. The molecule has 3 rings (SSSR count). The van der Waals surface area contributed by atoms with E-state index in [9.17, 15) is 14.0 Å². The van der Waals surface area contributed by atoms with E-state index in [1.54, 1.807) is 13.1 Å². The van der Waals surface area contributed by atoms with Crippen LogP contribution in [-0.4, -0.2) is 79.3 Å². The summed E-state index contributed by atoms with van der Waals surface area (Å²) in [6.45, 7) is 2.97. The first kappa shape index (κ1) is 23.2. The van der Waals surface area contributed by atoms with Gasteiger partial charge in [-0.1, -0.05) is 0 Å². The van der Waals surface area contributed by atoms with Gasteiger partial charge in [0.25, 0.3) is 5.91 Å². The van der Waals surface area contributed by atoms with Crippen molar-refractivity contribution in [3.8, 4) is 5.75 Å². The first-order chi connectivity index (χ1) is 14.8. The zero-order chi connectivity index (χ0) is 22.4. The molecular formula is C21H28FN5O3S. The number of halogens is 1. The van der Waals surface area contributed by atoms with Crippen molar-refractivity contribution in [2.24, 2.45) is 4.99 Å². The number of benzene rings is 1. The van der Waals surface area contributed by atoms with E-state index in [0.29, 0.717) is 22.2 Å². The maximum Gasteiger partial charge on any atom is 0.414 e. The van der Waals surface area contributed by atoms with Gasteiger partial charge in [-0.25, -0.2) is 14.6 Å². The smallest absolute Gasteiger partial charge is 0.409 e. The third kappa shape index (κ3) is 6.52. The molecule has 0 aliphatic carbocycles. The molecule has 0 spiro atoms. The zero-order valence-corrected chi connectivity index (χ0v) is 18.9. The molecule has 0 unspecified atom stereocenters. The largest absolute Gasteiger partial charge is 0.414 e. The van der Waals surface area contributed by atoms with E-state index in [1.165, 1.54) is 28.8 Å². The summed E-state index contributed by atoms with van der Waals surface area (Å²) in [5.41, 5.74) is 3.66. The van der Waals surface area contributed by atoms with Gasteiger partial charge < -0.3 is 14.5 Å². The van der Waals surface area contributed by atoms with E-state index >= 15 is 0 Å². The number of thioether (sulfide) groups is 1. The maximum atomic E-state index is 13.8. The lowest BCUT2D eigenvalue weighted by atomic mass is 10.2. The van der Waals surface area contributed by atoms with Gasteiger partial charge in [-0.2, -0.15) is 4.99 Å². The predicted molar refractivity (Wildman–Crippen MR) is 120 cm³/mol. The van der Waals surface area contributed by atoms with Gasteiger partial charge in [0.2, 0.25) is 0 Å². The number of aliphatic imine (C=N–C) groups is 1. The molecule has 31 heavy (non-hydrogen) atoms. The Hall–Kier alpha value is -2.43. The second-order valence-electron chi connectivity index (χ2n) is 7.71. The summed E-state index contributed by atoms with van der Waals surface area (Å²) in [6, 6.07) is 3.90. The van der Waals surface area contributed by atoms with Crippen molar-refractivity contribution in [2.75, 3.05) is 47.3 Å². The molecule has 1 N–H and O–H groups in total. The van der Waals surface area contributed by atoms with Crippen LogP contribution in [0.4, 0.5) is 9.18 Å². The zero-order valence-electron chi connectivity index (χ0n) is 18.1. The molecule has 1 aromatic carbocycles. The molecule has 8 nitrogen and oxygen atoms in total. The number of carbonyl (C=O) groups excluding carboxylic acids is 2. The van der Waals surface area contributed by atoms with Crippen LogP contribution in [0, 0.1) is 5.82 Å². The molecular weight excluding hydrogens is 421 g/mol. The fraction of sp³-hybridized carbons (Fsp3) is 0.476. The summed E-state index contributed by atoms with van der Waals surface area (Å²) in [7, 11) is 5.56. The van der Waals surface area contributed by atoms with Crippen LogP contribution in [0.1, 0.15) is 24.8 Å². The highest BCUT2D eigenvalue weighted by Crippen LogP contribution is 2.33. The molecule has 2 heterocycles. The highest BCUT2D eigenvalue weighted by atomic mass is 32.2. The second-order valence-corrected chi connectivity index (χ2v) is 8.71.